The number of aliphatic hydroxyl groups excluding tert-OH is 1. The van der Waals surface area contributed by atoms with Gasteiger partial charge in [0, 0.05) is 12.0 Å². The summed E-state index contributed by atoms with van der Waals surface area (Å²) in [5.41, 5.74) is 2.98. The lowest BCUT2D eigenvalue weighted by Crippen LogP contribution is -2.29. The fourth-order valence-electron chi connectivity index (χ4n) is 5.50. The number of furan rings is 1. The Hall–Kier alpha value is -4.98. The summed E-state index contributed by atoms with van der Waals surface area (Å²) in [6, 6.07) is 23.0. The van der Waals surface area contributed by atoms with Crippen molar-refractivity contribution in [2.24, 2.45) is 0 Å². The van der Waals surface area contributed by atoms with Gasteiger partial charge < -0.3 is 28.6 Å². The van der Waals surface area contributed by atoms with Crippen molar-refractivity contribution in [3.8, 4) is 17.2 Å². The predicted octanol–water partition coefficient (Wildman–Crippen LogP) is 6.20. The van der Waals surface area contributed by atoms with E-state index < -0.39 is 17.7 Å². The highest BCUT2D eigenvalue weighted by molar-refractivity contribution is 6.46. The van der Waals surface area contributed by atoms with Gasteiger partial charge in [-0.25, -0.2) is 0 Å². The molecular weight excluding hydrogens is 534 g/mol. The monoisotopic (exact) mass is 565 g/mol. The summed E-state index contributed by atoms with van der Waals surface area (Å²) in [6.45, 7) is 4.62. The molecule has 2 aliphatic heterocycles. The van der Waals surface area contributed by atoms with Crippen LogP contribution in [0.25, 0.3) is 5.76 Å². The summed E-state index contributed by atoms with van der Waals surface area (Å²) in [5, 5.41) is 11.6. The SMILES string of the molecule is CCOc1cc([C@@H]2C(=C(O)c3ccc4c(c3)C[C@@H](C)O4)C(=O)C(=O)N2Cc2ccco2)ccc1OCc1ccccc1. The quantitative estimate of drug-likeness (QED) is 0.147. The molecule has 0 saturated carbocycles. The van der Waals surface area contributed by atoms with E-state index in [9.17, 15) is 14.7 Å². The highest BCUT2D eigenvalue weighted by atomic mass is 16.5. The van der Waals surface area contributed by atoms with Crippen LogP contribution in [0.4, 0.5) is 0 Å². The van der Waals surface area contributed by atoms with E-state index in [2.05, 4.69) is 0 Å². The van der Waals surface area contributed by atoms with Gasteiger partial charge in [-0.1, -0.05) is 36.4 Å². The number of ether oxygens (including phenoxy) is 3. The predicted molar refractivity (Wildman–Crippen MR) is 155 cm³/mol. The van der Waals surface area contributed by atoms with Crippen molar-refractivity contribution >= 4 is 17.4 Å². The molecule has 1 fully saturated rings. The zero-order valence-corrected chi connectivity index (χ0v) is 23.4. The summed E-state index contributed by atoms with van der Waals surface area (Å²) in [5.74, 6) is 0.526. The zero-order valence-electron chi connectivity index (χ0n) is 23.4. The van der Waals surface area contributed by atoms with Crippen LogP contribution >= 0.6 is 0 Å². The van der Waals surface area contributed by atoms with Crippen LogP contribution in [-0.2, 0) is 29.2 Å². The normalized spacial score (nSPS) is 19.0. The van der Waals surface area contributed by atoms with E-state index in [0.717, 1.165) is 16.9 Å². The van der Waals surface area contributed by atoms with Gasteiger partial charge in [0.1, 0.15) is 30.0 Å². The van der Waals surface area contributed by atoms with Crippen molar-refractivity contribution in [2.45, 2.75) is 45.6 Å². The van der Waals surface area contributed by atoms with Crippen LogP contribution in [0.3, 0.4) is 0 Å². The fourth-order valence-corrected chi connectivity index (χ4v) is 5.50. The van der Waals surface area contributed by atoms with E-state index in [1.807, 2.05) is 50.2 Å². The number of amides is 1. The van der Waals surface area contributed by atoms with Crippen LogP contribution in [0.15, 0.2) is 95.1 Å². The Labute approximate surface area is 243 Å². The number of benzene rings is 3. The number of rotatable bonds is 9. The fraction of sp³-hybridized carbons (Fsp3) is 0.235. The number of carbonyl (C=O) groups is 2. The van der Waals surface area contributed by atoms with Crippen LogP contribution in [-0.4, -0.2) is 34.4 Å². The van der Waals surface area contributed by atoms with Gasteiger partial charge in [-0.15, -0.1) is 0 Å². The molecule has 1 amide bonds. The first-order valence-electron chi connectivity index (χ1n) is 14.0. The first-order valence-corrected chi connectivity index (χ1v) is 14.0. The van der Waals surface area contributed by atoms with Crippen molar-refractivity contribution in [1.82, 2.24) is 4.90 Å². The molecule has 1 saturated heterocycles. The van der Waals surface area contributed by atoms with E-state index in [4.69, 9.17) is 18.6 Å². The molecule has 2 atom stereocenters. The van der Waals surface area contributed by atoms with Gasteiger partial charge in [0.2, 0.25) is 0 Å². The summed E-state index contributed by atoms with van der Waals surface area (Å²) in [4.78, 5) is 28.4. The van der Waals surface area contributed by atoms with Gasteiger partial charge in [0.15, 0.2) is 11.5 Å². The van der Waals surface area contributed by atoms with Crippen molar-refractivity contribution in [3.05, 3.63) is 119 Å². The largest absolute Gasteiger partial charge is 0.507 e. The van der Waals surface area contributed by atoms with Gasteiger partial charge in [0.05, 0.1) is 31.0 Å². The molecule has 0 bridgehead atoms. The maximum Gasteiger partial charge on any atom is 0.296 e. The zero-order chi connectivity index (χ0) is 29.2. The number of hydrogen-bond acceptors (Lipinski definition) is 7. The van der Waals surface area contributed by atoms with Crippen molar-refractivity contribution in [2.75, 3.05) is 6.61 Å². The maximum absolute atomic E-state index is 13.5. The number of hydrogen-bond donors (Lipinski definition) is 1. The molecular formula is C34H31NO7. The third kappa shape index (κ3) is 5.23. The van der Waals surface area contributed by atoms with E-state index in [0.29, 0.717) is 48.0 Å². The molecule has 42 heavy (non-hydrogen) atoms. The number of aliphatic hydroxyl groups is 1. The number of fused-ring (bicyclic) bond motifs is 1. The van der Waals surface area contributed by atoms with Gasteiger partial charge >= 0.3 is 0 Å². The van der Waals surface area contributed by atoms with E-state index in [1.165, 1.54) is 11.2 Å². The molecule has 3 heterocycles. The van der Waals surface area contributed by atoms with Crippen LogP contribution in [0, 0.1) is 0 Å². The maximum atomic E-state index is 13.5. The first-order chi connectivity index (χ1) is 20.4. The van der Waals surface area contributed by atoms with Crippen LogP contribution < -0.4 is 14.2 Å². The molecule has 8 heteroatoms. The van der Waals surface area contributed by atoms with Crippen molar-refractivity contribution < 1.29 is 33.3 Å². The van der Waals surface area contributed by atoms with E-state index in [1.54, 1.807) is 42.5 Å². The van der Waals surface area contributed by atoms with Gasteiger partial charge in [-0.3, -0.25) is 9.59 Å². The Morgan fingerprint density at radius 1 is 0.976 bits per heavy atom. The number of likely N-dealkylation sites (tertiary alicyclic amines) is 1. The highest BCUT2D eigenvalue weighted by Crippen LogP contribution is 2.43. The molecule has 6 rings (SSSR count). The molecule has 1 N–H and O–H groups in total. The van der Waals surface area contributed by atoms with Gasteiger partial charge in [0.25, 0.3) is 11.7 Å². The molecule has 0 radical (unpaired) electrons. The third-order valence-electron chi connectivity index (χ3n) is 7.44. The minimum absolute atomic E-state index is 0.00104. The smallest absolute Gasteiger partial charge is 0.296 e. The molecule has 4 aromatic rings. The van der Waals surface area contributed by atoms with Gasteiger partial charge in [-0.2, -0.15) is 0 Å². The molecule has 214 valence electrons. The number of carbonyl (C=O) groups excluding carboxylic acids is 2. The lowest BCUT2D eigenvalue weighted by Gasteiger charge is -2.25. The Morgan fingerprint density at radius 2 is 1.81 bits per heavy atom. The average molecular weight is 566 g/mol. The van der Waals surface area contributed by atoms with Crippen LogP contribution in [0.5, 0.6) is 17.2 Å². The second kappa shape index (κ2) is 11.5. The molecule has 0 aliphatic carbocycles. The number of nitrogens with zero attached hydrogens (tertiary/aromatic N) is 1. The Morgan fingerprint density at radius 3 is 2.57 bits per heavy atom. The number of Topliss-reactive ketones (excluding diaryl/α,β-unsaturated/α-hetero) is 1. The average Bonchev–Trinajstić information content (AvgIpc) is 3.71. The summed E-state index contributed by atoms with van der Waals surface area (Å²) in [7, 11) is 0. The van der Waals surface area contributed by atoms with Crippen molar-refractivity contribution in [1.29, 1.82) is 0 Å². The Balaban J connectivity index is 1.42. The van der Waals surface area contributed by atoms with Gasteiger partial charge in [-0.05, 0) is 73.0 Å². The third-order valence-corrected chi connectivity index (χ3v) is 7.44. The van der Waals surface area contributed by atoms with E-state index >= 15 is 0 Å². The minimum Gasteiger partial charge on any atom is -0.507 e. The second-order valence-corrected chi connectivity index (χ2v) is 10.4. The standard InChI is InChI=1S/C34H31NO7/c1-3-39-29-18-23(11-14-28(29)41-20-22-8-5-4-6-9-22)31-30(33(37)34(38)35(31)19-26-10-7-15-40-26)32(36)24-12-13-27-25(17-24)16-21(2)42-27/h4-15,17-18,21,31,36H,3,16,19-20H2,1-2H3/t21-,31-/m1/s1. The van der Waals surface area contributed by atoms with Crippen LogP contribution in [0.1, 0.15) is 47.9 Å². The molecule has 8 nitrogen and oxygen atoms in total. The molecule has 0 spiro atoms. The lowest BCUT2D eigenvalue weighted by atomic mass is 9.94. The molecule has 1 aromatic heterocycles. The summed E-state index contributed by atoms with van der Waals surface area (Å²) in [6.07, 6.45) is 2.23. The Kier molecular flexibility index (Phi) is 7.44. The summed E-state index contributed by atoms with van der Waals surface area (Å²) >= 11 is 0. The number of ketones is 1. The van der Waals surface area contributed by atoms with E-state index in [-0.39, 0.29) is 24.0 Å². The topological polar surface area (TPSA) is 98.4 Å². The second-order valence-electron chi connectivity index (χ2n) is 10.4. The molecule has 3 aromatic carbocycles. The lowest BCUT2D eigenvalue weighted by molar-refractivity contribution is -0.140. The minimum atomic E-state index is -0.888. The first kappa shape index (κ1) is 27.2. The summed E-state index contributed by atoms with van der Waals surface area (Å²) < 4.78 is 23.3. The van der Waals surface area contributed by atoms with Crippen molar-refractivity contribution in [3.63, 3.8) is 0 Å². The Bertz CT molecular complexity index is 1640. The highest BCUT2D eigenvalue weighted by Gasteiger charge is 2.46. The van der Waals surface area contributed by atoms with Crippen LogP contribution in [0.2, 0.25) is 0 Å². The molecule has 2 aliphatic rings. The molecule has 0 unspecified atom stereocenters.